The van der Waals surface area contributed by atoms with Gasteiger partial charge in [-0.2, -0.15) is 0 Å². The van der Waals surface area contributed by atoms with Gasteiger partial charge in [0.15, 0.2) is 11.5 Å². The number of anilines is 1. The number of fused-ring (bicyclic) bond motifs is 2. The van der Waals surface area contributed by atoms with Gasteiger partial charge in [-0.15, -0.1) is 11.8 Å². The molecule has 0 bridgehead atoms. The number of ether oxygens (including phenoxy) is 2. The molecular weight excluding hydrogens is 334 g/mol. The van der Waals surface area contributed by atoms with Gasteiger partial charge in [-0.1, -0.05) is 31.2 Å². The van der Waals surface area contributed by atoms with Crippen molar-refractivity contribution in [2.75, 3.05) is 11.4 Å². The van der Waals surface area contributed by atoms with E-state index in [9.17, 15) is 4.79 Å². The first-order valence-corrected chi connectivity index (χ1v) is 9.51. The fourth-order valence-electron chi connectivity index (χ4n) is 3.26. The number of carbonyl (C=O) groups is 1. The van der Waals surface area contributed by atoms with Gasteiger partial charge >= 0.3 is 0 Å². The SMILES string of the molecule is CC1CCN(C(=O)C2Oc3ccccc3OC2C)c2ccccc2S1. The van der Waals surface area contributed by atoms with E-state index >= 15 is 0 Å². The van der Waals surface area contributed by atoms with Crippen molar-refractivity contribution >= 4 is 23.4 Å². The van der Waals surface area contributed by atoms with Crippen LogP contribution in [0.3, 0.4) is 0 Å². The number of thioether (sulfide) groups is 1. The Morgan fingerprint density at radius 2 is 1.72 bits per heavy atom. The molecule has 0 spiro atoms. The van der Waals surface area contributed by atoms with Crippen LogP contribution in [0.1, 0.15) is 20.3 Å². The Labute approximate surface area is 152 Å². The summed E-state index contributed by atoms with van der Waals surface area (Å²) in [7, 11) is 0. The molecule has 2 aliphatic heterocycles. The Bertz CT molecular complexity index is 794. The second-order valence-corrected chi connectivity index (χ2v) is 7.96. The molecule has 3 atom stereocenters. The van der Waals surface area contributed by atoms with E-state index in [1.165, 1.54) is 0 Å². The molecule has 3 unspecified atom stereocenters. The Morgan fingerprint density at radius 3 is 2.52 bits per heavy atom. The molecule has 0 saturated carbocycles. The summed E-state index contributed by atoms with van der Waals surface area (Å²) in [6.45, 7) is 4.78. The quantitative estimate of drug-likeness (QED) is 0.771. The summed E-state index contributed by atoms with van der Waals surface area (Å²) >= 11 is 1.82. The number of nitrogens with zero attached hydrogens (tertiary/aromatic N) is 1. The van der Waals surface area contributed by atoms with Crippen molar-refractivity contribution in [2.24, 2.45) is 0 Å². The van der Waals surface area contributed by atoms with Crippen LogP contribution in [0.25, 0.3) is 0 Å². The molecule has 2 aromatic rings. The Hall–Kier alpha value is -2.14. The van der Waals surface area contributed by atoms with Gasteiger partial charge in [0, 0.05) is 16.7 Å². The van der Waals surface area contributed by atoms with Crippen LogP contribution in [0.15, 0.2) is 53.4 Å². The first kappa shape index (κ1) is 16.3. The first-order chi connectivity index (χ1) is 12.1. The molecule has 0 fully saturated rings. The highest BCUT2D eigenvalue weighted by Gasteiger charge is 2.38. The second-order valence-electron chi connectivity index (χ2n) is 6.48. The van der Waals surface area contributed by atoms with E-state index in [0.29, 0.717) is 23.3 Å². The van der Waals surface area contributed by atoms with Gasteiger partial charge in [-0.05, 0) is 37.6 Å². The Morgan fingerprint density at radius 1 is 1.04 bits per heavy atom. The predicted octanol–water partition coefficient (Wildman–Crippen LogP) is 4.13. The minimum atomic E-state index is -0.638. The molecule has 2 aliphatic rings. The molecule has 0 aliphatic carbocycles. The molecule has 4 rings (SSSR count). The van der Waals surface area contributed by atoms with E-state index in [2.05, 4.69) is 13.0 Å². The molecule has 25 heavy (non-hydrogen) atoms. The first-order valence-electron chi connectivity index (χ1n) is 8.63. The number of hydrogen-bond acceptors (Lipinski definition) is 4. The van der Waals surface area contributed by atoms with E-state index in [1.807, 2.05) is 66.1 Å². The zero-order chi connectivity index (χ0) is 17.4. The summed E-state index contributed by atoms with van der Waals surface area (Å²) in [4.78, 5) is 16.3. The standard InChI is InChI=1S/C20H21NO3S/c1-13-11-12-21(15-7-3-6-10-18(15)25-13)20(22)19-14(2)23-16-8-4-5-9-17(16)24-19/h3-10,13-14,19H,11-12H2,1-2H3. The largest absolute Gasteiger partial charge is 0.482 e. The van der Waals surface area contributed by atoms with Gasteiger partial charge in [0.05, 0.1) is 5.69 Å². The van der Waals surface area contributed by atoms with Crippen LogP contribution in [-0.4, -0.2) is 29.9 Å². The number of amides is 1. The number of rotatable bonds is 1. The van der Waals surface area contributed by atoms with Gasteiger partial charge in [0.25, 0.3) is 5.91 Å². The molecule has 1 amide bonds. The maximum atomic E-state index is 13.3. The van der Waals surface area contributed by atoms with E-state index < -0.39 is 6.10 Å². The normalized spacial score (nSPS) is 25.0. The predicted molar refractivity (Wildman–Crippen MR) is 99.7 cm³/mol. The van der Waals surface area contributed by atoms with Gasteiger partial charge in [-0.3, -0.25) is 4.79 Å². The van der Waals surface area contributed by atoms with Crippen molar-refractivity contribution in [3.05, 3.63) is 48.5 Å². The van der Waals surface area contributed by atoms with Crippen molar-refractivity contribution in [1.82, 2.24) is 0 Å². The maximum Gasteiger partial charge on any atom is 0.272 e. The highest BCUT2D eigenvalue weighted by atomic mass is 32.2. The fourth-order valence-corrected chi connectivity index (χ4v) is 4.37. The van der Waals surface area contributed by atoms with Crippen LogP contribution < -0.4 is 14.4 Å². The lowest BCUT2D eigenvalue weighted by Crippen LogP contribution is -2.51. The van der Waals surface area contributed by atoms with Crippen LogP contribution >= 0.6 is 11.8 Å². The van der Waals surface area contributed by atoms with Crippen molar-refractivity contribution in [1.29, 1.82) is 0 Å². The van der Waals surface area contributed by atoms with E-state index in [0.717, 1.165) is 17.0 Å². The highest BCUT2D eigenvalue weighted by Crippen LogP contribution is 2.39. The maximum absolute atomic E-state index is 13.3. The molecule has 0 N–H and O–H groups in total. The van der Waals surface area contributed by atoms with Crippen LogP contribution in [-0.2, 0) is 4.79 Å². The summed E-state index contributed by atoms with van der Waals surface area (Å²) in [5.74, 6) is 1.29. The molecule has 2 heterocycles. The third-order valence-electron chi connectivity index (χ3n) is 4.60. The summed E-state index contributed by atoms with van der Waals surface area (Å²) in [5.41, 5.74) is 0.969. The number of hydrogen-bond donors (Lipinski definition) is 0. The van der Waals surface area contributed by atoms with E-state index in [1.54, 1.807) is 0 Å². The second kappa shape index (κ2) is 6.64. The third-order valence-corrected chi connectivity index (χ3v) is 5.83. The average Bonchev–Trinajstić information content (AvgIpc) is 2.78. The van der Waals surface area contributed by atoms with Crippen LogP contribution in [0.4, 0.5) is 5.69 Å². The summed E-state index contributed by atoms with van der Waals surface area (Å²) in [6.07, 6.45) is -0.0202. The molecule has 2 aromatic carbocycles. The molecule has 0 aromatic heterocycles. The van der Waals surface area contributed by atoms with Crippen molar-refractivity contribution in [3.8, 4) is 11.5 Å². The van der Waals surface area contributed by atoms with Crippen molar-refractivity contribution in [3.63, 3.8) is 0 Å². The number of benzene rings is 2. The molecule has 0 saturated heterocycles. The lowest BCUT2D eigenvalue weighted by Gasteiger charge is -2.34. The van der Waals surface area contributed by atoms with Gasteiger partial charge in [0.2, 0.25) is 6.10 Å². The highest BCUT2D eigenvalue weighted by molar-refractivity contribution is 8.00. The lowest BCUT2D eigenvalue weighted by molar-refractivity contribution is -0.130. The molecule has 5 heteroatoms. The van der Waals surface area contributed by atoms with Crippen LogP contribution in [0.2, 0.25) is 0 Å². The van der Waals surface area contributed by atoms with Gasteiger partial charge in [-0.25, -0.2) is 0 Å². The average molecular weight is 355 g/mol. The fraction of sp³-hybridized carbons (Fsp3) is 0.350. The minimum absolute atomic E-state index is 0.0378. The summed E-state index contributed by atoms with van der Waals surface area (Å²) < 4.78 is 11.9. The van der Waals surface area contributed by atoms with E-state index in [4.69, 9.17) is 9.47 Å². The lowest BCUT2D eigenvalue weighted by atomic mass is 10.1. The monoisotopic (exact) mass is 355 g/mol. The van der Waals surface area contributed by atoms with Crippen molar-refractivity contribution < 1.29 is 14.3 Å². The zero-order valence-electron chi connectivity index (χ0n) is 14.3. The number of para-hydroxylation sites is 3. The van der Waals surface area contributed by atoms with Crippen LogP contribution in [0, 0.1) is 0 Å². The summed E-state index contributed by atoms with van der Waals surface area (Å²) in [6, 6.07) is 15.6. The number of carbonyl (C=O) groups excluding carboxylic acids is 1. The Balaban J connectivity index is 1.65. The molecule has 4 nitrogen and oxygen atoms in total. The topological polar surface area (TPSA) is 38.8 Å². The minimum Gasteiger partial charge on any atom is -0.482 e. The molecular formula is C20H21NO3S. The zero-order valence-corrected chi connectivity index (χ0v) is 15.2. The van der Waals surface area contributed by atoms with Crippen LogP contribution in [0.5, 0.6) is 11.5 Å². The smallest absolute Gasteiger partial charge is 0.272 e. The van der Waals surface area contributed by atoms with Crippen molar-refractivity contribution in [2.45, 2.75) is 42.6 Å². The molecule has 0 radical (unpaired) electrons. The van der Waals surface area contributed by atoms with Gasteiger partial charge < -0.3 is 14.4 Å². The third kappa shape index (κ3) is 3.09. The van der Waals surface area contributed by atoms with E-state index in [-0.39, 0.29) is 12.0 Å². The Kier molecular flexibility index (Phi) is 4.34. The van der Waals surface area contributed by atoms with Gasteiger partial charge in [0.1, 0.15) is 6.10 Å². The molecule has 130 valence electrons. The summed E-state index contributed by atoms with van der Waals surface area (Å²) in [5, 5.41) is 0.473.